The molecule has 0 bridgehead atoms. The number of hydrogen-bond donors (Lipinski definition) is 1. The van der Waals surface area contributed by atoms with Gasteiger partial charge in [-0.3, -0.25) is 9.78 Å². The van der Waals surface area contributed by atoms with Crippen LogP contribution in [0.4, 0.5) is 26.3 Å². The van der Waals surface area contributed by atoms with E-state index in [1.54, 1.807) is 0 Å². The Kier molecular flexibility index (Phi) is 6.49. The van der Waals surface area contributed by atoms with Crippen molar-refractivity contribution in [2.45, 2.75) is 37.7 Å². The van der Waals surface area contributed by atoms with Gasteiger partial charge in [0.2, 0.25) is 5.91 Å². The van der Waals surface area contributed by atoms with Crippen LogP contribution in [0.15, 0.2) is 24.0 Å². The Hall–Kier alpha value is -2.01. The van der Waals surface area contributed by atoms with Gasteiger partial charge in [0.25, 0.3) is 0 Å². The highest BCUT2D eigenvalue weighted by atomic mass is 35.5. The molecule has 1 aromatic rings. The molecule has 2 rings (SSSR count). The highest BCUT2D eigenvalue weighted by Crippen LogP contribution is 2.35. The minimum Gasteiger partial charge on any atom is -0.366 e. The summed E-state index contributed by atoms with van der Waals surface area (Å²) in [5, 5.41) is 1.96. The average Bonchev–Trinajstić information content (AvgIpc) is 2.89. The molecule has 0 saturated carbocycles. The van der Waals surface area contributed by atoms with E-state index in [1.165, 1.54) is 7.05 Å². The molecule has 1 atom stereocenters. The van der Waals surface area contributed by atoms with Crippen LogP contribution in [0.25, 0.3) is 0 Å². The van der Waals surface area contributed by atoms with Crippen molar-refractivity contribution in [2.24, 2.45) is 5.73 Å². The van der Waals surface area contributed by atoms with Crippen molar-refractivity contribution < 1.29 is 31.1 Å². The van der Waals surface area contributed by atoms with Gasteiger partial charge in [-0.15, -0.1) is 0 Å². The fraction of sp³-hybridized carbons (Fsp3) is 0.500. The zero-order valence-corrected chi connectivity index (χ0v) is 15.4. The van der Waals surface area contributed by atoms with Crippen molar-refractivity contribution in [2.75, 3.05) is 13.6 Å². The van der Waals surface area contributed by atoms with E-state index in [9.17, 15) is 31.1 Å². The number of amides is 1. The minimum atomic E-state index is -4.69. The fourth-order valence-electron chi connectivity index (χ4n) is 2.89. The summed E-state index contributed by atoms with van der Waals surface area (Å²) in [5.74, 6) is -1.16. The summed E-state index contributed by atoms with van der Waals surface area (Å²) in [6, 6.07) is -1.37. The number of hydrogen-bond acceptors (Lipinski definition) is 4. The number of primary amides is 1. The van der Waals surface area contributed by atoms with Crippen LogP contribution < -0.4 is 5.73 Å². The maximum atomic E-state index is 13.3. The second-order valence-electron chi connectivity index (χ2n) is 6.24. The van der Waals surface area contributed by atoms with Gasteiger partial charge >= 0.3 is 12.4 Å². The van der Waals surface area contributed by atoms with Crippen LogP contribution in [-0.2, 0) is 17.4 Å². The zero-order valence-electron chi connectivity index (χ0n) is 14.6. The van der Waals surface area contributed by atoms with E-state index in [1.807, 2.05) is 0 Å². The number of nitrogens with zero attached hydrogens (tertiary/aromatic N) is 3. The molecule has 0 aromatic carbocycles. The summed E-state index contributed by atoms with van der Waals surface area (Å²) in [4.78, 5) is 15.0. The molecule has 5 nitrogen and oxygen atoms in total. The number of rotatable bonds is 6. The highest BCUT2D eigenvalue weighted by molar-refractivity contribution is 6.31. The van der Waals surface area contributed by atoms with Crippen molar-refractivity contribution in [1.82, 2.24) is 15.0 Å². The number of carbonyl (C=O) groups excluding carboxylic acids is 1. The molecule has 1 aromatic heterocycles. The van der Waals surface area contributed by atoms with E-state index in [0.717, 1.165) is 22.3 Å². The quantitative estimate of drug-likeness (QED) is 0.554. The van der Waals surface area contributed by atoms with Crippen molar-refractivity contribution in [3.63, 3.8) is 0 Å². The summed E-state index contributed by atoms with van der Waals surface area (Å²) in [7, 11) is 1.36. The Morgan fingerprint density at radius 3 is 2.39 bits per heavy atom. The van der Waals surface area contributed by atoms with E-state index in [0.29, 0.717) is 12.6 Å². The first-order valence-corrected chi connectivity index (χ1v) is 8.49. The molecule has 2 N–H and O–H groups in total. The molecule has 2 heterocycles. The minimum absolute atomic E-state index is 0.0494. The Morgan fingerprint density at radius 2 is 1.89 bits per heavy atom. The molecule has 1 aliphatic heterocycles. The Labute approximate surface area is 161 Å². The van der Waals surface area contributed by atoms with E-state index in [4.69, 9.17) is 17.3 Å². The van der Waals surface area contributed by atoms with Crippen LogP contribution in [0.5, 0.6) is 0 Å². The Balaban J connectivity index is 1.97. The predicted molar refractivity (Wildman–Crippen MR) is 88.8 cm³/mol. The van der Waals surface area contributed by atoms with Crippen molar-refractivity contribution in [1.29, 1.82) is 0 Å². The molecule has 0 spiro atoms. The van der Waals surface area contributed by atoms with E-state index in [2.05, 4.69) is 4.98 Å². The predicted octanol–water partition coefficient (Wildman–Crippen LogP) is 3.54. The van der Waals surface area contributed by atoms with Crippen molar-refractivity contribution in [3.05, 3.63) is 40.3 Å². The topological polar surface area (TPSA) is 62.5 Å². The van der Waals surface area contributed by atoms with Gasteiger partial charge in [-0.25, -0.2) is 5.01 Å². The normalized spacial score (nSPS) is 18.5. The van der Waals surface area contributed by atoms with Crippen molar-refractivity contribution >= 4 is 17.5 Å². The molecular formula is C16H17ClF6N4O. The van der Waals surface area contributed by atoms with E-state index < -0.39 is 35.4 Å². The van der Waals surface area contributed by atoms with Gasteiger partial charge in [-0.05, 0) is 25.3 Å². The van der Waals surface area contributed by atoms with Crippen molar-refractivity contribution in [3.8, 4) is 0 Å². The first-order chi connectivity index (χ1) is 12.8. The van der Waals surface area contributed by atoms with Crippen LogP contribution in [-0.4, -0.2) is 46.7 Å². The summed E-state index contributed by atoms with van der Waals surface area (Å²) >= 11 is 5.81. The second-order valence-corrected chi connectivity index (χ2v) is 6.64. The summed E-state index contributed by atoms with van der Waals surface area (Å²) < 4.78 is 77.8. The van der Waals surface area contributed by atoms with Gasteiger partial charge < -0.3 is 10.7 Å². The lowest BCUT2D eigenvalue weighted by molar-refractivity contribution is -0.192. The fourth-order valence-corrected chi connectivity index (χ4v) is 3.15. The van der Waals surface area contributed by atoms with Gasteiger partial charge in [-0.2, -0.15) is 26.3 Å². The molecule has 0 fully saturated rings. The standard InChI is InChI=1S/C16H17ClF6N4O/c1-26-8-10(14(24)28)13(16(21,22)23)27(26)5-3-2-4-12-11(17)6-9(7-25-12)15(18,19)20/h6-8,13H,2-5H2,1H3,(H2,24,28). The van der Waals surface area contributed by atoms with Crippen LogP contribution in [0, 0.1) is 0 Å². The van der Waals surface area contributed by atoms with E-state index >= 15 is 0 Å². The zero-order chi connectivity index (χ0) is 21.3. The lowest BCUT2D eigenvalue weighted by Crippen LogP contribution is -2.49. The van der Waals surface area contributed by atoms with Crippen LogP contribution >= 0.6 is 11.6 Å². The summed E-state index contributed by atoms with van der Waals surface area (Å²) in [5.41, 5.74) is 3.74. The number of alkyl halides is 6. The van der Waals surface area contributed by atoms with Gasteiger partial charge in [-0.1, -0.05) is 11.6 Å². The van der Waals surface area contributed by atoms with Crippen LogP contribution in [0.1, 0.15) is 24.1 Å². The molecule has 0 saturated heterocycles. The largest absolute Gasteiger partial charge is 0.417 e. The van der Waals surface area contributed by atoms with Gasteiger partial charge in [0.05, 0.1) is 21.9 Å². The lowest BCUT2D eigenvalue weighted by atomic mass is 10.1. The first kappa shape index (κ1) is 22.3. The van der Waals surface area contributed by atoms with Gasteiger partial charge in [0.15, 0.2) is 6.04 Å². The molecule has 0 aliphatic carbocycles. The summed E-state index contributed by atoms with van der Waals surface area (Å²) in [6.07, 6.45) is -6.76. The maximum absolute atomic E-state index is 13.3. The number of aromatic nitrogens is 1. The third-order valence-electron chi connectivity index (χ3n) is 4.21. The van der Waals surface area contributed by atoms with Gasteiger partial charge in [0.1, 0.15) is 0 Å². The molecule has 1 amide bonds. The Bertz CT molecular complexity index is 764. The lowest BCUT2D eigenvalue weighted by Gasteiger charge is -2.32. The number of unbranched alkanes of at least 4 members (excludes halogenated alkanes) is 1. The Morgan fingerprint density at radius 1 is 1.25 bits per heavy atom. The average molecular weight is 431 g/mol. The molecule has 1 aliphatic rings. The molecule has 28 heavy (non-hydrogen) atoms. The highest BCUT2D eigenvalue weighted by Gasteiger charge is 2.51. The molecular weight excluding hydrogens is 414 g/mol. The maximum Gasteiger partial charge on any atom is 0.417 e. The van der Waals surface area contributed by atoms with E-state index in [-0.39, 0.29) is 30.1 Å². The smallest absolute Gasteiger partial charge is 0.366 e. The number of aryl methyl sites for hydroxylation is 1. The van der Waals surface area contributed by atoms with Crippen LogP contribution in [0.2, 0.25) is 5.02 Å². The molecule has 1 unspecified atom stereocenters. The number of carbonyl (C=O) groups is 1. The first-order valence-electron chi connectivity index (χ1n) is 8.11. The number of hydrazine groups is 1. The molecule has 12 heteroatoms. The third-order valence-corrected chi connectivity index (χ3v) is 4.54. The van der Waals surface area contributed by atoms with Crippen LogP contribution in [0.3, 0.4) is 0 Å². The molecule has 156 valence electrons. The summed E-state index contributed by atoms with van der Waals surface area (Å²) in [6.45, 7) is -0.0494. The molecule has 0 radical (unpaired) electrons. The number of nitrogens with two attached hydrogens (primary N) is 1. The SMILES string of the molecule is CN1C=C(C(N)=O)C(C(F)(F)F)N1CCCCc1ncc(C(F)(F)F)cc1Cl. The third kappa shape index (κ3) is 5.07. The van der Waals surface area contributed by atoms with Gasteiger partial charge in [0, 0.05) is 26.0 Å². The monoisotopic (exact) mass is 430 g/mol. The number of pyridine rings is 1. The number of halogens is 7. The second kappa shape index (κ2) is 8.16.